The quantitative estimate of drug-likeness (QED) is 0.911. The Hall–Kier alpha value is -1.89. The van der Waals surface area contributed by atoms with E-state index in [1.807, 2.05) is 0 Å². The molecule has 1 heterocycles. The Balaban J connectivity index is 1.71. The standard InChI is InChI=1S/C19H20F3NO2/c20-19(21,22)17-3-1-2-16(12-17)14-4-6-15(7-5-14)18(24)13-23-8-10-25-11-9-23/h1-7,12,18,24H,8-11,13H2. The second kappa shape index (κ2) is 7.56. The van der Waals surface area contributed by atoms with Crippen LogP contribution in [0, 0.1) is 0 Å². The van der Waals surface area contributed by atoms with E-state index in [4.69, 9.17) is 4.74 Å². The van der Waals surface area contributed by atoms with Gasteiger partial charge in [0.1, 0.15) is 0 Å². The van der Waals surface area contributed by atoms with Crippen molar-refractivity contribution in [2.75, 3.05) is 32.8 Å². The first-order valence-electron chi connectivity index (χ1n) is 8.19. The minimum Gasteiger partial charge on any atom is -0.387 e. The number of benzene rings is 2. The fourth-order valence-electron chi connectivity index (χ4n) is 2.91. The second-order valence-electron chi connectivity index (χ2n) is 6.13. The van der Waals surface area contributed by atoms with Crippen LogP contribution in [0.2, 0.25) is 0 Å². The number of alkyl halides is 3. The van der Waals surface area contributed by atoms with Crippen LogP contribution in [-0.4, -0.2) is 42.9 Å². The summed E-state index contributed by atoms with van der Waals surface area (Å²) in [5.41, 5.74) is 1.28. The molecule has 25 heavy (non-hydrogen) atoms. The number of hydrogen-bond acceptors (Lipinski definition) is 3. The SMILES string of the molecule is OC(CN1CCOCC1)c1ccc(-c2cccc(C(F)(F)F)c2)cc1. The molecule has 1 fully saturated rings. The van der Waals surface area contributed by atoms with Gasteiger partial charge in [-0.25, -0.2) is 0 Å². The van der Waals surface area contributed by atoms with E-state index < -0.39 is 17.8 Å². The number of morpholine rings is 1. The van der Waals surface area contributed by atoms with E-state index in [0.29, 0.717) is 30.9 Å². The molecular weight excluding hydrogens is 331 g/mol. The minimum atomic E-state index is -4.36. The van der Waals surface area contributed by atoms with Gasteiger partial charge in [0.25, 0.3) is 0 Å². The first-order valence-corrected chi connectivity index (χ1v) is 8.19. The summed E-state index contributed by atoms with van der Waals surface area (Å²) in [6.07, 6.45) is -4.99. The fraction of sp³-hybridized carbons (Fsp3) is 0.368. The predicted molar refractivity (Wildman–Crippen MR) is 89.1 cm³/mol. The van der Waals surface area contributed by atoms with Gasteiger partial charge in [0.15, 0.2) is 0 Å². The third-order valence-corrected chi connectivity index (χ3v) is 4.35. The summed E-state index contributed by atoms with van der Waals surface area (Å²) in [6.45, 7) is 3.44. The first kappa shape index (κ1) is 17.9. The van der Waals surface area contributed by atoms with Gasteiger partial charge >= 0.3 is 6.18 Å². The Labute approximate surface area is 144 Å². The Morgan fingerprint density at radius 2 is 1.68 bits per heavy atom. The molecule has 3 rings (SSSR count). The van der Waals surface area contributed by atoms with Crippen LogP contribution in [0.4, 0.5) is 13.2 Å². The van der Waals surface area contributed by atoms with Gasteiger partial charge in [-0.1, -0.05) is 36.4 Å². The highest BCUT2D eigenvalue weighted by Crippen LogP contribution is 2.32. The van der Waals surface area contributed by atoms with Crippen molar-refractivity contribution in [3.8, 4) is 11.1 Å². The molecule has 6 heteroatoms. The summed E-state index contributed by atoms with van der Waals surface area (Å²) < 4.78 is 43.8. The lowest BCUT2D eigenvalue weighted by molar-refractivity contribution is -0.137. The molecule has 0 radical (unpaired) electrons. The van der Waals surface area contributed by atoms with E-state index in [1.165, 1.54) is 6.07 Å². The number of rotatable bonds is 4. The zero-order valence-electron chi connectivity index (χ0n) is 13.7. The monoisotopic (exact) mass is 351 g/mol. The Bertz CT molecular complexity index is 695. The molecule has 0 amide bonds. The maximum Gasteiger partial charge on any atom is 0.416 e. The molecule has 2 aromatic rings. The van der Waals surface area contributed by atoms with Crippen molar-refractivity contribution in [1.29, 1.82) is 0 Å². The molecule has 1 unspecified atom stereocenters. The number of ether oxygens (including phenoxy) is 1. The number of aliphatic hydroxyl groups is 1. The van der Waals surface area contributed by atoms with Gasteiger partial charge in [0, 0.05) is 19.6 Å². The summed E-state index contributed by atoms with van der Waals surface area (Å²) in [4.78, 5) is 2.13. The van der Waals surface area contributed by atoms with E-state index in [-0.39, 0.29) is 0 Å². The van der Waals surface area contributed by atoms with Crippen molar-refractivity contribution in [1.82, 2.24) is 4.90 Å². The predicted octanol–water partition coefficient (Wildman–Crippen LogP) is 3.74. The Morgan fingerprint density at radius 3 is 2.32 bits per heavy atom. The summed E-state index contributed by atoms with van der Waals surface area (Å²) >= 11 is 0. The maximum absolute atomic E-state index is 12.8. The lowest BCUT2D eigenvalue weighted by Gasteiger charge is -2.28. The van der Waals surface area contributed by atoms with Crippen LogP contribution in [-0.2, 0) is 10.9 Å². The van der Waals surface area contributed by atoms with Crippen molar-refractivity contribution in [3.05, 3.63) is 59.7 Å². The summed E-state index contributed by atoms with van der Waals surface area (Å²) in [6, 6.07) is 12.3. The van der Waals surface area contributed by atoms with Gasteiger partial charge in [-0.05, 0) is 28.8 Å². The smallest absolute Gasteiger partial charge is 0.387 e. The number of β-amino-alcohol motifs (C(OH)–C–C–N with tert-alkyl or cyclic N) is 1. The van der Waals surface area contributed by atoms with Crippen molar-refractivity contribution < 1.29 is 23.0 Å². The van der Waals surface area contributed by atoms with Crippen LogP contribution < -0.4 is 0 Å². The highest BCUT2D eigenvalue weighted by atomic mass is 19.4. The molecule has 1 aliphatic rings. The number of halogens is 3. The minimum absolute atomic E-state index is 0.504. The average molecular weight is 351 g/mol. The molecule has 0 saturated carbocycles. The Morgan fingerprint density at radius 1 is 1.00 bits per heavy atom. The lowest BCUT2D eigenvalue weighted by atomic mass is 10.00. The fourth-order valence-corrected chi connectivity index (χ4v) is 2.91. The van der Waals surface area contributed by atoms with Crippen molar-refractivity contribution in [2.45, 2.75) is 12.3 Å². The molecule has 0 aliphatic carbocycles. The van der Waals surface area contributed by atoms with Gasteiger partial charge in [-0.3, -0.25) is 4.90 Å². The molecule has 0 bridgehead atoms. The van der Waals surface area contributed by atoms with E-state index >= 15 is 0 Å². The van der Waals surface area contributed by atoms with Crippen LogP contribution in [0.5, 0.6) is 0 Å². The number of hydrogen-bond donors (Lipinski definition) is 1. The van der Waals surface area contributed by atoms with Crippen LogP contribution >= 0.6 is 0 Å². The van der Waals surface area contributed by atoms with Gasteiger partial charge in [-0.2, -0.15) is 13.2 Å². The molecular formula is C19H20F3NO2. The molecule has 1 aliphatic heterocycles. The molecule has 0 aromatic heterocycles. The van der Waals surface area contributed by atoms with Crippen LogP contribution in [0.15, 0.2) is 48.5 Å². The highest BCUT2D eigenvalue weighted by molar-refractivity contribution is 5.64. The van der Waals surface area contributed by atoms with Gasteiger partial charge in [0.2, 0.25) is 0 Å². The summed E-state index contributed by atoms with van der Waals surface area (Å²) in [7, 11) is 0. The summed E-state index contributed by atoms with van der Waals surface area (Å²) in [5.74, 6) is 0. The van der Waals surface area contributed by atoms with E-state index in [1.54, 1.807) is 30.3 Å². The molecule has 134 valence electrons. The van der Waals surface area contributed by atoms with Crippen molar-refractivity contribution in [2.24, 2.45) is 0 Å². The third-order valence-electron chi connectivity index (χ3n) is 4.35. The van der Waals surface area contributed by atoms with Crippen LogP contribution in [0.1, 0.15) is 17.2 Å². The normalized spacial score (nSPS) is 17.4. The van der Waals surface area contributed by atoms with Gasteiger partial charge < -0.3 is 9.84 Å². The van der Waals surface area contributed by atoms with E-state index in [2.05, 4.69) is 4.90 Å². The zero-order valence-corrected chi connectivity index (χ0v) is 13.7. The van der Waals surface area contributed by atoms with Crippen molar-refractivity contribution in [3.63, 3.8) is 0 Å². The topological polar surface area (TPSA) is 32.7 Å². The molecule has 2 aromatic carbocycles. The largest absolute Gasteiger partial charge is 0.416 e. The summed E-state index contributed by atoms with van der Waals surface area (Å²) in [5, 5.41) is 10.4. The molecule has 1 atom stereocenters. The van der Waals surface area contributed by atoms with E-state index in [9.17, 15) is 18.3 Å². The Kier molecular flexibility index (Phi) is 5.42. The molecule has 3 nitrogen and oxygen atoms in total. The average Bonchev–Trinajstić information content (AvgIpc) is 2.62. The van der Waals surface area contributed by atoms with Gasteiger partial charge in [0.05, 0.1) is 24.9 Å². The highest BCUT2D eigenvalue weighted by Gasteiger charge is 2.30. The van der Waals surface area contributed by atoms with Crippen molar-refractivity contribution >= 4 is 0 Å². The number of aliphatic hydroxyl groups excluding tert-OH is 1. The van der Waals surface area contributed by atoms with Crippen LogP contribution in [0.3, 0.4) is 0 Å². The van der Waals surface area contributed by atoms with Crippen LogP contribution in [0.25, 0.3) is 11.1 Å². The molecule has 1 saturated heterocycles. The molecule has 1 N–H and O–H groups in total. The first-order chi connectivity index (χ1) is 11.9. The van der Waals surface area contributed by atoms with E-state index in [0.717, 1.165) is 30.8 Å². The van der Waals surface area contributed by atoms with Gasteiger partial charge in [-0.15, -0.1) is 0 Å². The second-order valence-corrected chi connectivity index (χ2v) is 6.13. The molecule has 0 spiro atoms. The third kappa shape index (κ3) is 4.60. The lowest BCUT2D eigenvalue weighted by Crippen LogP contribution is -2.38. The number of nitrogens with zero attached hydrogens (tertiary/aromatic N) is 1. The maximum atomic E-state index is 12.8. The zero-order chi connectivity index (χ0) is 17.9.